The predicted octanol–water partition coefficient (Wildman–Crippen LogP) is 10.8. The van der Waals surface area contributed by atoms with Gasteiger partial charge in [0.15, 0.2) is 0 Å². The number of para-hydroxylation sites is 1. The van der Waals surface area contributed by atoms with E-state index in [4.69, 9.17) is 4.42 Å². The third-order valence-electron chi connectivity index (χ3n) is 2.93. The number of fused-ring (bicyclic) bond motifs is 1. The molecule has 0 atom stereocenters. The molecule has 5 rings (SSSR count). The first-order valence-electron chi connectivity index (χ1n) is 13.2. The molecule has 4 aromatic heterocycles. The van der Waals surface area contributed by atoms with E-state index in [1.807, 2.05) is 23.6 Å². The number of hydrogen-bond donors (Lipinski definition) is 0. The predicted molar refractivity (Wildman–Crippen MR) is 174 cm³/mol. The maximum absolute atomic E-state index is 5.63. The lowest BCUT2D eigenvalue weighted by atomic mass is 10.1. The fourth-order valence-corrected chi connectivity index (χ4v) is 2.63. The number of rotatable bonds is 1. The third kappa shape index (κ3) is 31.6. The van der Waals surface area contributed by atoms with Crippen molar-refractivity contribution in [3.05, 3.63) is 76.0 Å². The Morgan fingerprint density at radius 1 is 0.667 bits per heavy atom. The van der Waals surface area contributed by atoms with Crippen molar-refractivity contribution in [1.29, 1.82) is 0 Å². The van der Waals surface area contributed by atoms with E-state index in [-0.39, 0.29) is 0 Å². The van der Waals surface area contributed by atoms with E-state index in [0.717, 1.165) is 29.1 Å². The highest BCUT2D eigenvalue weighted by atomic mass is 32.1. The molecule has 39 heavy (non-hydrogen) atoms. The van der Waals surface area contributed by atoms with Crippen LogP contribution in [0.2, 0.25) is 0 Å². The molecule has 0 unspecified atom stereocenters. The first kappa shape index (κ1) is 38.7. The highest BCUT2D eigenvalue weighted by molar-refractivity contribution is 7.07. The van der Waals surface area contributed by atoms with Crippen LogP contribution in [0.25, 0.3) is 11.0 Å². The Morgan fingerprint density at radius 2 is 1.23 bits per heavy atom. The van der Waals surface area contributed by atoms with E-state index in [0.29, 0.717) is 5.92 Å². The molecule has 218 valence electrons. The van der Waals surface area contributed by atoms with Crippen LogP contribution in [-0.2, 0) is 0 Å². The second-order valence-electron chi connectivity index (χ2n) is 10.4. The number of nitrogens with zero attached hydrogens (tertiary/aromatic N) is 5. The first-order chi connectivity index (χ1) is 18.5. The molecule has 0 radical (unpaired) electrons. The minimum Gasteiger partial charge on any atom is -0.461 e. The second-order valence-corrected chi connectivity index (χ2v) is 12.5. The van der Waals surface area contributed by atoms with Gasteiger partial charge in [-0.05, 0) is 41.4 Å². The summed E-state index contributed by atoms with van der Waals surface area (Å²) >= 11 is 4.44. The van der Waals surface area contributed by atoms with Crippen LogP contribution < -0.4 is 0 Å². The van der Waals surface area contributed by atoms with Crippen molar-refractivity contribution >= 4 is 45.2 Å². The summed E-state index contributed by atoms with van der Waals surface area (Å²) in [6.45, 7) is 23.8. The normalized spacial score (nSPS) is 9.31. The van der Waals surface area contributed by atoms with E-state index >= 15 is 0 Å². The molecule has 0 spiro atoms. The number of benzene rings is 1. The van der Waals surface area contributed by atoms with Crippen LogP contribution in [0.1, 0.15) is 87.8 Å². The largest absolute Gasteiger partial charge is 0.461 e. The number of aromatic nitrogens is 5. The SMILES string of the molecule is CC(C)C.CC(C)C.CC(C)C.CC(C)c1cc2ccccc2o1.c1cscn1.c1ncsn1.c1nncs1. The fourth-order valence-electron chi connectivity index (χ4n) is 1.73. The van der Waals surface area contributed by atoms with Gasteiger partial charge in [0.05, 0.1) is 5.51 Å². The lowest BCUT2D eigenvalue weighted by molar-refractivity contribution is 0.522. The Balaban J connectivity index is 0. The minimum absolute atomic E-state index is 0.470. The number of hydrogen-bond acceptors (Lipinski definition) is 9. The molecule has 6 nitrogen and oxygen atoms in total. The van der Waals surface area contributed by atoms with Gasteiger partial charge in [0.2, 0.25) is 0 Å². The molecular formula is C30H49N5OS3. The average Bonchev–Trinajstić information content (AvgIpc) is 3.69. The smallest absolute Gasteiger partial charge is 0.134 e. The van der Waals surface area contributed by atoms with Gasteiger partial charge in [-0.3, -0.25) is 4.98 Å². The molecule has 0 N–H and O–H groups in total. The van der Waals surface area contributed by atoms with Crippen LogP contribution in [0, 0.1) is 17.8 Å². The van der Waals surface area contributed by atoms with Gasteiger partial charge in [0.1, 0.15) is 34.2 Å². The average molecular weight is 592 g/mol. The van der Waals surface area contributed by atoms with E-state index in [9.17, 15) is 0 Å². The van der Waals surface area contributed by atoms with E-state index in [1.54, 1.807) is 39.6 Å². The van der Waals surface area contributed by atoms with Crippen molar-refractivity contribution < 1.29 is 4.42 Å². The quantitative estimate of drug-likeness (QED) is 0.193. The summed E-state index contributed by atoms with van der Waals surface area (Å²) in [6, 6.07) is 10.2. The number of furan rings is 1. The lowest BCUT2D eigenvalue weighted by Crippen LogP contribution is -1.79. The first-order valence-corrected chi connectivity index (χ1v) is 15.9. The molecule has 0 aliphatic rings. The molecule has 4 heterocycles. The highest BCUT2D eigenvalue weighted by Gasteiger charge is 2.05. The standard InChI is InChI=1S/C11H12O.3C4H10.C3H3NS.2C2H2N2S/c1-8(2)11-7-9-5-3-4-6-10(9)12-11;3*1-4(2)3;1-2-5-3-4-1;1-3-4-2-5-1;1-3-2-5-4-1/h3-8H,1-2H3;3*4H,1-3H3;1-3H;2*1-2H. The second kappa shape index (κ2) is 27.1. The molecular weight excluding hydrogens is 543 g/mol. The van der Waals surface area contributed by atoms with Gasteiger partial charge in [-0.1, -0.05) is 94.4 Å². The third-order valence-corrected chi connectivity index (χ3v) is 4.31. The zero-order chi connectivity index (χ0) is 29.9. The maximum Gasteiger partial charge on any atom is 0.134 e. The Kier molecular flexibility index (Phi) is 26.9. The fraction of sp³-hybridized carbons (Fsp3) is 0.500. The highest BCUT2D eigenvalue weighted by Crippen LogP contribution is 2.24. The lowest BCUT2D eigenvalue weighted by Gasteiger charge is -1.95. The molecule has 0 aliphatic heterocycles. The monoisotopic (exact) mass is 591 g/mol. The van der Waals surface area contributed by atoms with E-state index < -0.39 is 0 Å². The minimum atomic E-state index is 0.470. The van der Waals surface area contributed by atoms with E-state index in [1.165, 1.54) is 34.6 Å². The molecule has 0 saturated heterocycles. The van der Waals surface area contributed by atoms with Crippen molar-refractivity contribution in [1.82, 2.24) is 24.5 Å². The molecule has 5 aromatic rings. The molecule has 0 saturated carbocycles. The van der Waals surface area contributed by atoms with Gasteiger partial charge >= 0.3 is 0 Å². The summed E-state index contributed by atoms with van der Waals surface area (Å²) in [5.41, 5.74) is 7.82. The molecule has 0 aliphatic carbocycles. The molecule has 0 amide bonds. The van der Waals surface area contributed by atoms with Crippen molar-refractivity contribution in [2.45, 2.75) is 82.1 Å². The Labute approximate surface area is 249 Å². The van der Waals surface area contributed by atoms with Crippen LogP contribution in [0.3, 0.4) is 0 Å². The van der Waals surface area contributed by atoms with Gasteiger partial charge in [0.25, 0.3) is 0 Å². The Bertz CT molecular complexity index is 890. The summed E-state index contributed by atoms with van der Waals surface area (Å²) in [7, 11) is 0. The van der Waals surface area contributed by atoms with E-state index in [2.05, 4.69) is 113 Å². The van der Waals surface area contributed by atoms with Crippen molar-refractivity contribution in [3.8, 4) is 0 Å². The van der Waals surface area contributed by atoms with Crippen LogP contribution in [0.15, 0.2) is 74.7 Å². The number of thiazole rings is 1. The van der Waals surface area contributed by atoms with Crippen molar-refractivity contribution in [3.63, 3.8) is 0 Å². The molecule has 0 fully saturated rings. The van der Waals surface area contributed by atoms with Crippen LogP contribution in [0.4, 0.5) is 0 Å². The van der Waals surface area contributed by atoms with Crippen LogP contribution >= 0.6 is 34.2 Å². The maximum atomic E-state index is 5.63. The van der Waals surface area contributed by atoms with Gasteiger partial charge in [-0.2, -0.15) is 4.37 Å². The summed E-state index contributed by atoms with van der Waals surface area (Å²) in [5.74, 6) is 4.04. The van der Waals surface area contributed by atoms with Crippen molar-refractivity contribution in [2.24, 2.45) is 17.8 Å². The van der Waals surface area contributed by atoms with Gasteiger partial charge in [0, 0.05) is 22.9 Å². The van der Waals surface area contributed by atoms with Gasteiger partial charge in [-0.25, -0.2) is 4.98 Å². The van der Waals surface area contributed by atoms with Crippen molar-refractivity contribution in [2.75, 3.05) is 0 Å². The summed E-state index contributed by atoms with van der Waals surface area (Å²) in [4.78, 5) is 7.37. The topological polar surface area (TPSA) is 77.6 Å². The summed E-state index contributed by atoms with van der Waals surface area (Å²) in [6.07, 6.45) is 3.29. The van der Waals surface area contributed by atoms with Gasteiger partial charge in [-0.15, -0.1) is 32.9 Å². The molecule has 1 aromatic carbocycles. The van der Waals surface area contributed by atoms with Gasteiger partial charge < -0.3 is 4.42 Å². The Hall–Kier alpha value is -2.49. The summed E-state index contributed by atoms with van der Waals surface area (Å²) < 4.78 is 9.28. The summed E-state index contributed by atoms with van der Waals surface area (Å²) in [5, 5.41) is 10.1. The molecule has 0 bridgehead atoms. The van der Waals surface area contributed by atoms with Crippen LogP contribution in [0.5, 0.6) is 0 Å². The Morgan fingerprint density at radius 3 is 1.51 bits per heavy atom. The zero-order valence-electron chi connectivity index (χ0n) is 25.6. The zero-order valence-corrected chi connectivity index (χ0v) is 28.1. The molecule has 9 heteroatoms. The van der Waals surface area contributed by atoms with Crippen LogP contribution in [-0.4, -0.2) is 24.5 Å².